The number of benzene rings is 1. The molecule has 1 heterocycles. The highest BCUT2D eigenvalue weighted by Gasteiger charge is 2.06. The highest BCUT2D eigenvalue weighted by Crippen LogP contribution is 2.12. The summed E-state index contributed by atoms with van der Waals surface area (Å²) in [7, 11) is 3.72. The first-order valence-corrected chi connectivity index (χ1v) is 7.81. The SMILES string of the molecule is CCNC(=NCCn1ccnc1)N(C)Cc1ccc(OC)cc1.I. The predicted molar refractivity (Wildman–Crippen MR) is 108 cm³/mol. The van der Waals surface area contributed by atoms with Crippen molar-refractivity contribution in [2.45, 2.75) is 20.0 Å². The summed E-state index contributed by atoms with van der Waals surface area (Å²) < 4.78 is 7.22. The van der Waals surface area contributed by atoms with Crippen LogP contribution in [-0.2, 0) is 13.1 Å². The van der Waals surface area contributed by atoms with Gasteiger partial charge in [0, 0.05) is 39.1 Å². The van der Waals surface area contributed by atoms with E-state index in [1.807, 2.05) is 36.3 Å². The molecule has 0 aliphatic carbocycles. The second-order valence-corrected chi connectivity index (χ2v) is 5.24. The summed E-state index contributed by atoms with van der Waals surface area (Å²) in [6.45, 7) is 5.25. The number of ether oxygens (including phenoxy) is 1. The van der Waals surface area contributed by atoms with E-state index in [1.165, 1.54) is 5.56 Å². The van der Waals surface area contributed by atoms with E-state index >= 15 is 0 Å². The lowest BCUT2D eigenvalue weighted by Gasteiger charge is -2.22. The summed E-state index contributed by atoms with van der Waals surface area (Å²) in [4.78, 5) is 10.8. The molecule has 6 nitrogen and oxygen atoms in total. The largest absolute Gasteiger partial charge is 0.497 e. The fraction of sp³-hybridized carbons (Fsp3) is 0.412. The number of aliphatic imine (C=N–C) groups is 1. The van der Waals surface area contributed by atoms with Gasteiger partial charge >= 0.3 is 0 Å². The zero-order chi connectivity index (χ0) is 16.5. The van der Waals surface area contributed by atoms with Gasteiger partial charge < -0.3 is 19.5 Å². The Labute approximate surface area is 161 Å². The summed E-state index contributed by atoms with van der Waals surface area (Å²) in [6.07, 6.45) is 5.54. The molecule has 0 bridgehead atoms. The Morgan fingerprint density at radius 1 is 1.33 bits per heavy atom. The molecular formula is C17H26IN5O. The number of hydrogen-bond acceptors (Lipinski definition) is 3. The molecule has 2 rings (SSSR count). The maximum Gasteiger partial charge on any atom is 0.194 e. The van der Waals surface area contributed by atoms with Crippen molar-refractivity contribution >= 4 is 29.9 Å². The molecule has 0 radical (unpaired) electrons. The Bertz CT molecular complexity index is 598. The molecule has 2 aromatic rings. The molecule has 0 atom stereocenters. The number of halogens is 1. The van der Waals surface area contributed by atoms with E-state index in [0.717, 1.165) is 31.3 Å². The molecule has 7 heteroatoms. The predicted octanol–water partition coefficient (Wildman–Crippen LogP) is 2.61. The maximum atomic E-state index is 5.19. The summed E-state index contributed by atoms with van der Waals surface area (Å²) in [5, 5.41) is 3.33. The highest BCUT2D eigenvalue weighted by molar-refractivity contribution is 14.0. The molecule has 1 N–H and O–H groups in total. The number of nitrogens with zero attached hydrogens (tertiary/aromatic N) is 4. The molecule has 1 aromatic carbocycles. The first-order chi connectivity index (χ1) is 11.2. The standard InChI is InChI=1S/C17H25N5O.HI/c1-4-19-17(20-10-12-22-11-9-18-14-22)21(2)13-15-5-7-16(23-3)8-6-15;/h5-9,11,14H,4,10,12-13H2,1-3H3,(H,19,20);1H. The van der Waals surface area contributed by atoms with Gasteiger partial charge in [-0.05, 0) is 24.6 Å². The number of methoxy groups -OCH3 is 1. The molecule has 0 saturated carbocycles. The van der Waals surface area contributed by atoms with Gasteiger partial charge in [0.25, 0.3) is 0 Å². The first kappa shape index (κ1) is 20.3. The molecule has 0 spiro atoms. The molecule has 0 amide bonds. The summed E-state index contributed by atoms with van der Waals surface area (Å²) >= 11 is 0. The Morgan fingerprint density at radius 3 is 2.67 bits per heavy atom. The van der Waals surface area contributed by atoms with Crippen LogP contribution in [0, 0.1) is 0 Å². The average Bonchev–Trinajstić information content (AvgIpc) is 3.08. The molecule has 0 saturated heterocycles. The quantitative estimate of drug-likeness (QED) is 0.406. The van der Waals surface area contributed by atoms with Crippen LogP contribution in [0.15, 0.2) is 48.0 Å². The van der Waals surface area contributed by atoms with E-state index in [9.17, 15) is 0 Å². The smallest absolute Gasteiger partial charge is 0.194 e. The van der Waals surface area contributed by atoms with Crippen molar-refractivity contribution in [1.29, 1.82) is 0 Å². The average molecular weight is 443 g/mol. The van der Waals surface area contributed by atoms with Crippen LogP contribution >= 0.6 is 24.0 Å². The van der Waals surface area contributed by atoms with E-state index in [1.54, 1.807) is 13.3 Å². The lowest BCUT2D eigenvalue weighted by molar-refractivity contribution is 0.414. The van der Waals surface area contributed by atoms with Gasteiger partial charge in [0.2, 0.25) is 0 Å². The monoisotopic (exact) mass is 443 g/mol. The number of hydrogen-bond donors (Lipinski definition) is 1. The van der Waals surface area contributed by atoms with Crippen LogP contribution in [0.5, 0.6) is 5.75 Å². The van der Waals surface area contributed by atoms with Crippen molar-refractivity contribution in [1.82, 2.24) is 19.8 Å². The van der Waals surface area contributed by atoms with E-state index in [2.05, 4.69) is 39.2 Å². The van der Waals surface area contributed by atoms with Crippen molar-refractivity contribution in [2.24, 2.45) is 4.99 Å². The van der Waals surface area contributed by atoms with Crippen molar-refractivity contribution in [3.8, 4) is 5.75 Å². The van der Waals surface area contributed by atoms with Gasteiger partial charge in [-0.2, -0.15) is 0 Å². The van der Waals surface area contributed by atoms with E-state index in [0.29, 0.717) is 6.54 Å². The molecule has 1 aromatic heterocycles. The van der Waals surface area contributed by atoms with Crippen LogP contribution in [0.3, 0.4) is 0 Å². The zero-order valence-electron chi connectivity index (χ0n) is 14.5. The van der Waals surface area contributed by atoms with Crippen LogP contribution in [0.2, 0.25) is 0 Å². The van der Waals surface area contributed by atoms with Crippen LogP contribution in [0.4, 0.5) is 0 Å². The highest BCUT2D eigenvalue weighted by atomic mass is 127. The van der Waals surface area contributed by atoms with Gasteiger partial charge in [-0.3, -0.25) is 4.99 Å². The van der Waals surface area contributed by atoms with Crippen LogP contribution in [0.25, 0.3) is 0 Å². The molecule has 0 unspecified atom stereocenters. The third kappa shape index (κ3) is 6.38. The number of guanidine groups is 1. The Hall–Kier alpha value is -1.77. The fourth-order valence-electron chi connectivity index (χ4n) is 2.24. The number of imidazole rings is 1. The molecule has 0 aliphatic rings. The van der Waals surface area contributed by atoms with Crippen LogP contribution in [-0.4, -0.2) is 47.7 Å². The summed E-state index contributed by atoms with van der Waals surface area (Å²) in [5.41, 5.74) is 1.22. The third-order valence-corrected chi connectivity index (χ3v) is 3.45. The Balaban J connectivity index is 0.00000288. The van der Waals surface area contributed by atoms with Gasteiger partial charge in [0.05, 0.1) is 20.0 Å². The number of aromatic nitrogens is 2. The molecule has 24 heavy (non-hydrogen) atoms. The molecule has 132 valence electrons. The van der Waals surface area contributed by atoms with Gasteiger partial charge in [0.1, 0.15) is 5.75 Å². The topological polar surface area (TPSA) is 54.7 Å². The minimum Gasteiger partial charge on any atom is -0.497 e. The molecule has 0 fully saturated rings. The number of rotatable bonds is 7. The van der Waals surface area contributed by atoms with Gasteiger partial charge in [-0.25, -0.2) is 4.98 Å². The zero-order valence-corrected chi connectivity index (χ0v) is 16.8. The van der Waals surface area contributed by atoms with Gasteiger partial charge in [0.15, 0.2) is 5.96 Å². The lowest BCUT2D eigenvalue weighted by atomic mass is 10.2. The summed E-state index contributed by atoms with van der Waals surface area (Å²) in [6, 6.07) is 8.10. The Morgan fingerprint density at radius 2 is 2.08 bits per heavy atom. The van der Waals surface area contributed by atoms with E-state index in [4.69, 9.17) is 4.74 Å². The maximum absolute atomic E-state index is 5.19. The minimum atomic E-state index is 0. The van der Waals surface area contributed by atoms with Crippen molar-refractivity contribution in [3.05, 3.63) is 48.5 Å². The van der Waals surface area contributed by atoms with Gasteiger partial charge in [-0.15, -0.1) is 24.0 Å². The molecular weight excluding hydrogens is 417 g/mol. The van der Waals surface area contributed by atoms with E-state index in [-0.39, 0.29) is 24.0 Å². The number of nitrogens with one attached hydrogen (secondary N) is 1. The third-order valence-electron chi connectivity index (χ3n) is 3.45. The summed E-state index contributed by atoms with van der Waals surface area (Å²) in [5.74, 6) is 1.78. The van der Waals surface area contributed by atoms with Crippen LogP contribution in [0.1, 0.15) is 12.5 Å². The lowest BCUT2D eigenvalue weighted by Crippen LogP contribution is -2.38. The minimum absolute atomic E-state index is 0. The van der Waals surface area contributed by atoms with Crippen molar-refractivity contribution < 1.29 is 4.74 Å². The van der Waals surface area contributed by atoms with Crippen molar-refractivity contribution in [3.63, 3.8) is 0 Å². The van der Waals surface area contributed by atoms with Gasteiger partial charge in [-0.1, -0.05) is 12.1 Å². The normalized spacial score (nSPS) is 10.9. The Kier molecular flexibility index (Phi) is 9.21. The van der Waals surface area contributed by atoms with E-state index < -0.39 is 0 Å². The van der Waals surface area contributed by atoms with Crippen molar-refractivity contribution in [2.75, 3.05) is 27.2 Å². The molecule has 0 aliphatic heterocycles. The second kappa shape index (κ2) is 10.9. The fourth-order valence-corrected chi connectivity index (χ4v) is 2.24. The first-order valence-electron chi connectivity index (χ1n) is 7.81. The second-order valence-electron chi connectivity index (χ2n) is 5.24. The van der Waals surface area contributed by atoms with Crippen LogP contribution < -0.4 is 10.1 Å².